The van der Waals surface area contributed by atoms with Gasteiger partial charge >= 0.3 is 11.4 Å². The van der Waals surface area contributed by atoms with E-state index < -0.39 is 32.1 Å². The lowest BCUT2D eigenvalue weighted by molar-refractivity contribution is -0.386. The molecule has 0 bridgehead atoms. The van der Waals surface area contributed by atoms with Crippen molar-refractivity contribution in [2.45, 2.75) is 4.90 Å². The SMILES string of the molecule is COc1cc(/C=N/NS(=O)(=O)c2ccc3[nH]c(=O)oc3c2)cc([N+](=O)[O-])c1O. The lowest BCUT2D eigenvalue weighted by Gasteiger charge is -2.05. The zero-order chi connectivity index (χ0) is 20.5. The van der Waals surface area contributed by atoms with Gasteiger partial charge in [-0.15, -0.1) is 0 Å². The summed E-state index contributed by atoms with van der Waals surface area (Å²) in [5, 5.41) is 24.2. The number of nitro benzene ring substituents is 1. The molecular weight excluding hydrogens is 396 g/mol. The van der Waals surface area contributed by atoms with Gasteiger partial charge in [0.1, 0.15) is 0 Å². The number of nitrogens with zero attached hydrogens (tertiary/aromatic N) is 2. The average molecular weight is 408 g/mol. The molecule has 146 valence electrons. The minimum atomic E-state index is -4.10. The molecule has 13 heteroatoms. The van der Waals surface area contributed by atoms with Gasteiger partial charge in [0.05, 0.1) is 28.7 Å². The summed E-state index contributed by atoms with van der Waals surface area (Å²) in [5.74, 6) is -1.56. The van der Waals surface area contributed by atoms with Gasteiger partial charge in [0.25, 0.3) is 10.0 Å². The molecule has 3 rings (SSSR count). The van der Waals surface area contributed by atoms with Crippen LogP contribution in [0.5, 0.6) is 11.5 Å². The van der Waals surface area contributed by atoms with E-state index in [1.54, 1.807) is 0 Å². The van der Waals surface area contributed by atoms with Gasteiger partial charge in [-0.3, -0.25) is 15.1 Å². The van der Waals surface area contributed by atoms with E-state index in [0.29, 0.717) is 5.52 Å². The molecule has 0 aliphatic carbocycles. The molecule has 1 heterocycles. The normalized spacial score (nSPS) is 11.8. The second-order valence-electron chi connectivity index (χ2n) is 5.37. The third kappa shape index (κ3) is 3.64. The van der Waals surface area contributed by atoms with E-state index in [2.05, 4.69) is 10.1 Å². The van der Waals surface area contributed by atoms with E-state index >= 15 is 0 Å². The van der Waals surface area contributed by atoms with Gasteiger partial charge in [0.15, 0.2) is 11.3 Å². The van der Waals surface area contributed by atoms with Crippen LogP contribution in [0.3, 0.4) is 0 Å². The first kappa shape index (κ1) is 18.9. The zero-order valence-electron chi connectivity index (χ0n) is 14.1. The number of benzene rings is 2. The lowest BCUT2D eigenvalue weighted by atomic mass is 10.2. The molecule has 0 aliphatic heterocycles. The van der Waals surface area contributed by atoms with Crippen LogP contribution in [0.4, 0.5) is 5.69 Å². The molecule has 3 N–H and O–H groups in total. The zero-order valence-corrected chi connectivity index (χ0v) is 14.9. The highest BCUT2D eigenvalue weighted by Gasteiger charge is 2.19. The molecule has 28 heavy (non-hydrogen) atoms. The van der Waals surface area contributed by atoms with Crippen molar-refractivity contribution in [1.82, 2.24) is 9.82 Å². The van der Waals surface area contributed by atoms with Crippen LogP contribution in [0.25, 0.3) is 11.1 Å². The highest BCUT2D eigenvalue weighted by atomic mass is 32.2. The van der Waals surface area contributed by atoms with Crippen LogP contribution in [-0.2, 0) is 10.0 Å². The smallest absolute Gasteiger partial charge is 0.417 e. The van der Waals surface area contributed by atoms with Crippen molar-refractivity contribution < 1.29 is 27.6 Å². The summed E-state index contributed by atoms with van der Waals surface area (Å²) in [4.78, 5) is 25.4. The molecule has 3 aromatic rings. The number of H-pyrrole nitrogens is 1. The maximum atomic E-state index is 12.3. The maximum absolute atomic E-state index is 12.3. The minimum Gasteiger partial charge on any atom is -0.500 e. The first-order chi connectivity index (χ1) is 13.2. The lowest BCUT2D eigenvalue weighted by Crippen LogP contribution is -2.18. The summed E-state index contributed by atoms with van der Waals surface area (Å²) >= 11 is 0. The van der Waals surface area contributed by atoms with Gasteiger partial charge in [0, 0.05) is 17.7 Å². The van der Waals surface area contributed by atoms with Crippen molar-refractivity contribution in [1.29, 1.82) is 0 Å². The number of aromatic amines is 1. The van der Waals surface area contributed by atoms with Crippen molar-refractivity contribution in [3.05, 3.63) is 56.6 Å². The summed E-state index contributed by atoms with van der Waals surface area (Å²) in [5.41, 5.74) is -0.139. The van der Waals surface area contributed by atoms with Gasteiger partial charge in [-0.05, 0) is 18.2 Å². The van der Waals surface area contributed by atoms with E-state index in [1.165, 1.54) is 25.3 Å². The Hall–Kier alpha value is -3.87. The number of ether oxygens (including phenoxy) is 1. The predicted molar refractivity (Wildman–Crippen MR) is 96.1 cm³/mol. The second kappa shape index (κ2) is 7.03. The number of aromatic nitrogens is 1. The van der Waals surface area contributed by atoms with E-state index in [1.807, 2.05) is 4.83 Å². The largest absolute Gasteiger partial charge is 0.500 e. The highest BCUT2D eigenvalue weighted by Crippen LogP contribution is 2.36. The van der Waals surface area contributed by atoms with Gasteiger partial charge in [-0.2, -0.15) is 13.5 Å². The summed E-state index contributed by atoms with van der Waals surface area (Å²) in [6, 6.07) is 5.96. The molecule has 2 aromatic carbocycles. The Labute approximate surface area is 156 Å². The Bertz CT molecular complexity index is 1260. The standard InChI is InChI=1S/C15H12N4O8S/c1-26-13-5-8(4-11(14(13)20)19(22)23)7-16-18-28(24,25)9-2-3-10-12(6-9)27-15(21)17-10/h2-7,18,20H,1H3,(H,17,21)/b16-7+. The fraction of sp³-hybridized carbons (Fsp3) is 0.0667. The topological polar surface area (TPSA) is 177 Å². The number of phenols is 1. The Balaban J connectivity index is 1.87. The van der Waals surface area contributed by atoms with E-state index in [0.717, 1.165) is 18.3 Å². The van der Waals surface area contributed by atoms with Crippen LogP contribution in [0.15, 0.2) is 49.5 Å². The van der Waals surface area contributed by atoms with Crippen LogP contribution in [0.1, 0.15) is 5.56 Å². The quantitative estimate of drug-likeness (QED) is 0.308. The average Bonchev–Trinajstić information content (AvgIpc) is 3.01. The Morgan fingerprint density at radius 1 is 1.36 bits per heavy atom. The van der Waals surface area contributed by atoms with Crippen molar-refractivity contribution in [3.63, 3.8) is 0 Å². The molecule has 0 amide bonds. The number of hydrogen-bond acceptors (Lipinski definition) is 9. The summed E-state index contributed by atoms with van der Waals surface area (Å²) in [6.07, 6.45) is 1.00. The summed E-state index contributed by atoms with van der Waals surface area (Å²) < 4.78 is 34.2. The number of fused-ring (bicyclic) bond motifs is 1. The van der Waals surface area contributed by atoms with E-state index in [-0.39, 0.29) is 21.8 Å². The first-order valence-electron chi connectivity index (χ1n) is 7.44. The molecule has 12 nitrogen and oxygen atoms in total. The van der Waals surface area contributed by atoms with Crippen molar-refractivity contribution >= 4 is 33.0 Å². The molecule has 0 aliphatic rings. The molecule has 0 spiro atoms. The molecule has 0 saturated carbocycles. The third-order valence-corrected chi connectivity index (χ3v) is 4.80. The fourth-order valence-corrected chi connectivity index (χ4v) is 3.11. The number of sulfonamides is 1. The van der Waals surface area contributed by atoms with Gasteiger partial charge < -0.3 is 14.3 Å². The first-order valence-corrected chi connectivity index (χ1v) is 8.93. The predicted octanol–water partition coefficient (Wildman–Crippen LogP) is 1.06. The molecule has 0 fully saturated rings. The number of hydrogen-bond donors (Lipinski definition) is 3. The molecular formula is C15H12N4O8S. The van der Waals surface area contributed by atoms with E-state index in [4.69, 9.17) is 9.15 Å². The number of aromatic hydroxyl groups is 1. The number of rotatable bonds is 6. The van der Waals surface area contributed by atoms with Crippen LogP contribution < -0.4 is 15.3 Å². The highest BCUT2D eigenvalue weighted by molar-refractivity contribution is 7.89. The number of nitro groups is 1. The minimum absolute atomic E-state index is 0.0516. The molecule has 0 radical (unpaired) electrons. The van der Waals surface area contributed by atoms with Gasteiger partial charge in [0.2, 0.25) is 5.75 Å². The number of methoxy groups -OCH3 is 1. The van der Waals surface area contributed by atoms with Crippen molar-refractivity contribution in [2.24, 2.45) is 5.10 Å². The number of oxazole rings is 1. The summed E-state index contributed by atoms with van der Waals surface area (Å²) in [7, 11) is -2.90. The van der Waals surface area contributed by atoms with Gasteiger partial charge in [-0.1, -0.05) is 0 Å². The third-order valence-electron chi connectivity index (χ3n) is 3.58. The maximum Gasteiger partial charge on any atom is 0.417 e. The van der Waals surface area contributed by atoms with Crippen molar-refractivity contribution in [2.75, 3.05) is 7.11 Å². The Morgan fingerprint density at radius 3 is 2.79 bits per heavy atom. The fourth-order valence-electron chi connectivity index (χ4n) is 2.30. The Morgan fingerprint density at radius 2 is 2.11 bits per heavy atom. The van der Waals surface area contributed by atoms with Crippen LogP contribution in [-0.4, -0.2) is 36.8 Å². The van der Waals surface area contributed by atoms with Crippen LogP contribution in [0, 0.1) is 10.1 Å². The molecule has 0 saturated heterocycles. The molecule has 0 unspecified atom stereocenters. The number of nitrogens with one attached hydrogen (secondary N) is 2. The van der Waals surface area contributed by atoms with Gasteiger partial charge in [-0.25, -0.2) is 9.63 Å². The van der Waals surface area contributed by atoms with Crippen molar-refractivity contribution in [3.8, 4) is 11.5 Å². The monoisotopic (exact) mass is 408 g/mol. The van der Waals surface area contributed by atoms with Crippen LogP contribution in [0.2, 0.25) is 0 Å². The second-order valence-corrected chi connectivity index (χ2v) is 7.03. The number of hydrazone groups is 1. The molecule has 0 atom stereocenters. The summed E-state index contributed by atoms with van der Waals surface area (Å²) in [6.45, 7) is 0. The van der Waals surface area contributed by atoms with E-state index in [9.17, 15) is 28.4 Å². The number of phenolic OH excluding ortho intramolecular Hbond substituents is 1. The Kier molecular flexibility index (Phi) is 4.75. The van der Waals surface area contributed by atoms with Crippen LogP contribution >= 0.6 is 0 Å². The molecule has 1 aromatic heterocycles.